The van der Waals surface area contributed by atoms with Crippen molar-refractivity contribution in [2.24, 2.45) is 0 Å². The maximum atomic E-state index is 6.04. The maximum absolute atomic E-state index is 6.04. The number of nitrogens with one attached hydrogen (secondary N) is 1. The molecule has 0 aliphatic rings. The van der Waals surface area contributed by atoms with Crippen LogP contribution in [-0.4, -0.2) is 4.98 Å². The third-order valence-electron chi connectivity index (χ3n) is 2.65. The summed E-state index contributed by atoms with van der Waals surface area (Å²) in [7, 11) is 0. The summed E-state index contributed by atoms with van der Waals surface area (Å²) in [6.45, 7) is 4.78. The van der Waals surface area contributed by atoms with Crippen molar-refractivity contribution < 1.29 is 0 Å². The van der Waals surface area contributed by atoms with Gasteiger partial charge in [-0.15, -0.1) is 0 Å². The predicted octanol–water partition coefficient (Wildman–Crippen LogP) is 4.73. The highest BCUT2D eigenvalue weighted by molar-refractivity contribution is 9.10. The highest BCUT2D eigenvalue weighted by Gasteiger charge is 2.04. The van der Waals surface area contributed by atoms with Gasteiger partial charge in [0.1, 0.15) is 0 Å². The standard InChI is InChI=1S/C14H14BrClN2/c1-9-3-4-11(12(15)5-9)8-17-13-6-10(2)7-18-14(13)16/h3-7,17H,8H2,1-2H3. The average Bonchev–Trinajstić information content (AvgIpc) is 2.32. The van der Waals surface area contributed by atoms with Crippen molar-refractivity contribution in [1.29, 1.82) is 0 Å². The van der Waals surface area contributed by atoms with Gasteiger partial charge in [0.05, 0.1) is 5.69 Å². The van der Waals surface area contributed by atoms with Gasteiger partial charge in [-0.2, -0.15) is 0 Å². The molecule has 0 fully saturated rings. The summed E-state index contributed by atoms with van der Waals surface area (Å²) in [5.74, 6) is 0. The Kier molecular flexibility index (Phi) is 4.25. The third kappa shape index (κ3) is 3.24. The van der Waals surface area contributed by atoms with Crippen molar-refractivity contribution in [3.8, 4) is 0 Å². The van der Waals surface area contributed by atoms with E-state index in [-0.39, 0.29) is 0 Å². The van der Waals surface area contributed by atoms with E-state index in [1.807, 2.05) is 13.0 Å². The largest absolute Gasteiger partial charge is 0.378 e. The van der Waals surface area contributed by atoms with Crippen LogP contribution in [0.3, 0.4) is 0 Å². The number of anilines is 1. The van der Waals surface area contributed by atoms with E-state index in [1.54, 1.807) is 6.20 Å². The summed E-state index contributed by atoms with van der Waals surface area (Å²) in [6.07, 6.45) is 1.76. The summed E-state index contributed by atoms with van der Waals surface area (Å²) in [5.41, 5.74) is 4.38. The van der Waals surface area contributed by atoms with Crippen molar-refractivity contribution in [3.63, 3.8) is 0 Å². The van der Waals surface area contributed by atoms with Crippen LogP contribution in [0, 0.1) is 13.8 Å². The molecule has 2 nitrogen and oxygen atoms in total. The molecule has 0 saturated heterocycles. The van der Waals surface area contributed by atoms with Gasteiger partial charge in [0.25, 0.3) is 0 Å². The number of nitrogens with zero attached hydrogens (tertiary/aromatic N) is 1. The zero-order valence-electron chi connectivity index (χ0n) is 10.3. The number of hydrogen-bond donors (Lipinski definition) is 1. The second-order valence-electron chi connectivity index (χ2n) is 4.30. The van der Waals surface area contributed by atoms with Crippen LogP contribution in [0.4, 0.5) is 5.69 Å². The first-order valence-corrected chi connectivity index (χ1v) is 6.84. The molecule has 2 rings (SSSR count). The zero-order valence-corrected chi connectivity index (χ0v) is 12.6. The van der Waals surface area contributed by atoms with E-state index in [2.05, 4.69) is 51.4 Å². The second-order valence-corrected chi connectivity index (χ2v) is 5.51. The molecule has 4 heteroatoms. The highest BCUT2D eigenvalue weighted by atomic mass is 79.9. The molecule has 0 atom stereocenters. The summed E-state index contributed by atoms with van der Waals surface area (Å²) < 4.78 is 1.10. The van der Waals surface area contributed by atoms with Gasteiger partial charge in [-0.25, -0.2) is 4.98 Å². The lowest BCUT2D eigenvalue weighted by Crippen LogP contribution is -2.02. The molecule has 0 aliphatic heterocycles. The van der Waals surface area contributed by atoms with E-state index in [4.69, 9.17) is 11.6 Å². The number of pyridine rings is 1. The van der Waals surface area contributed by atoms with E-state index >= 15 is 0 Å². The number of aryl methyl sites for hydroxylation is 2. The van der Waals surface area contributed by atoms with Crippen molar-refractivity contribution >= 4 is 33.2 Å². The zero-order chi connectivity index (χ0) is 13.1. The Bertz CT molecular complexity index is 570. The number of benzene rings is 1. The van der Waals surface area contributed by atoms with Crippen LogP contribution >= 0.6 is 27.5 Å². The fourth-order valence-corrected chi connectivity index (χ4v) is 2.47. The minimum absolute atomic E-state index is 0.504. The quantitative estimate of drug-likeness (QED) is 0.825. The van der Waals surface area contributed by atoms with Crippen molar-refractivity contribution in [2.45, 2.75) is 20.4 Å². The summed E-state index contributed by atoms with van der Waals surface area (Å²) in [6, 6.07) is 8.30. The lowest BCUT2D eigenvalue weighted by Gasteiger charge is -2.10. The SMILES string of the molecule is Cc1ccc(CNc2cc(C)cnc2Cl)c(Br)c1. The molecule has 18 heavy (non-hydrogen) atoms. The predicted molar refractivity (Wildman–Crippen MR) is 80.2 cm³/mol. The highest BCUT2D eigenvalue weighted by Crippen LogP contribution is 2.23. The third-order valence-corrected chi connectivity index (χ3v) is 3.69. The van der Waals surface area contributed by atoms with Gasteiger partial charge in [0.2, 0.25) is 0 Å². The van der Waals surface area contributed by atoms with Crippen LogP contribution in [0.1, 0.15) is 16.7 Å². The van der Waals surface area contributed by atoms with E-state index < -0.39 is 0 Å². The number of aromatic nitrogens is 1. The van der Waals surface area contributed by atoms with Gasteiger partial charge in [-0.3, -0.25) is 0 Å². The lowest BCUT2D eigenvalue weighted by molar-refractivity contribution is 1.12. The Morgan fingerprint density at radius 3 is 2.72 bits per heavy atom. The monoisotopic (exact) mass is 324 g/mol. The molecule has 0 amide bonds. The van der Waals surface area contributed by atoms with Crippen LogP contribution in [-0.2, 0) is 6.54 Å². The fourth-order valence-electron chi connectivity index (χ4n) is 1.66. The van der Waals surface area contributed by atoms with Crippen LogP contribution in [0.25, 0.3) is 0 Å². The molecule has 0 unspecified atom stereocenters. The first-order chi connectivity index (χ1) is 8.56. The summed E-state index contributed by atoms with van der Waals surface area (Å²) in [4.78, 5) is 4.12. The van der Waals surface area contributed by atoms with E-state index in [9.17, 15) is 0 Å². The first kappa shape index (κ1) is 13.4. The van der Waals surface area contributed by atoms with Gasteiger partial charge >= 0.3 is 0 Å². The summed E-state index contributed by atoms with van der Waals surface area (Å²) >= 11 is 9.61. The van der Waals surface area contributed by atoms with Crippen molar-refractivity contribution in [1.82, 2.24) is 4.98 Å². The van der Waals surface area contributed by atoms with E-state index in [0.29, 0.717) is 11.7 Å². The average molecular weight is 326 g/mol. The summed E-state index contributed by atoms with van der Waals surface area (Å²) in [5, 5.41) is 3.81. The Balaban J connectivity index is 2.13. The topological polar surface area (TPSA) is 24.9 Å². The smallest absolute Gasteiger partial charge is 0.152 e. The second kappa shape index (κ2) is 5.72. The molecule has 0 bridgehead atoms. The molecule has 0 spiro atoms. The maximum Gasteiger partial charge on any atom is 0.152 e. The van der Waals surface area contributed by atoms with Crippen LogP contribution < -0.4 is 5.32 Å². The minimum Gasteiger partial charge on any atom is -0.378 e. The molecule has 1 aromatic heterocycles. The molecule has 0 radical (unpaired) electrons. The number of hydrogen-bond acceptors (Lipinski definition) is 2. The van der Waals surface area contributed by atoms with Crippen molar-refractivity contribution in [2.75, 3.05) is 5.32 Å². The van der Waals surface area contributed by atoms with E-state index in [1.165, 1.54) is 11.1 Å². The van der Waals surface area contributed by atoms with Gasteiger partial charge < -0.3 is 5.32 Å². The van der Waals surface area contributed by atoms with Gasteiger partial charge in [-0.1, -0.05) is 39.7 Å². The Morgan fingerprint density at radius 1 is 1.22 bits per heavy atom. The molecule has 0 saturated carbocycles. The van der Waals surface area contributed by atoms with Crippen LogP contribution in [0.15, 0.2) is 34.9 Å². The normalized spacial score (nSPS) is 10.4. The molecule has 1 aromatic carbocycles. The molecule has 1 N–H and O–H groups in total. The van der Waals surface area contributed by atoms with Crippen LogP contribution in [0.5, 0.6) is 0 Å². The molecule has 2 aromatic rings. The lowest BCUT2D eigenvalue weighted by atomic mass is 10.1. The molecule has 0 aliphatic carbocycles. The first-order valence-electron chi connectivity index (χ1n) is 5.67. The van der Waals surface area contributed by atoms with Crippen molar-refractivity contribution in [3.05, 3.63) is 56.8 Å². The molecular weight excluding hydrogens is 312 g/mol. The number of halogens is 2. The Morgan fingerprint density at radius 2 is 2.00 bits per heavy atom. The van der Waals surface area contributed by atoms with E-state index in [0.717, 1.165) is 15.7 Å². The van der Waals surface area contributed by atoms with Crippen LogP contribution in [0.2, 0.25) is 5.15 Å². The Labute approximate surface area is 121 Å². The van der Waals surface area contributed by atoms with Gasteiger partial charge in [0, 0.05) is 17.2 Å². The molecule has 1 heterocycles. The van der Waals surface area contributed by atoms with Gasteiger partial charge in [0.15, 0.2) is 5.15 Å². The minimum atomic E-state index is 0.504. The van der Waals surface area contributed by atoms with Gasteiger partial charge in [-0.05, 0) is 42.7 Å². The molecule has 94 valence electrons. The molecular formula is C14H14BrClN2. The Hall–Kier alpha value is -1.06. The number of rotatable bonds is 3. The fraction of sp³-hybridized carbons (Fsp3) is 0.214.